The molecule has 20 heavy (non-hydrogen) atoms. The lowest BCUT2D eigenvalue weighted by Crippen LogP contribution is -2.14. The number of anilines is 2. The second-order valence-corrected chi connectivity index (χ2v) is 5.95. The average molecular weight is 298 g/mol. The summed E-state index contributed by atoms with van der Waals surface area (Å²) in [5.41, 5.74) is 5.44. The van der Waals surface area contributed by atoms with E-state index < -0.39 is 27.3 Å². The molecule has 106 valence electrons. The number of hydrogen-bond donors (Lipinski definition) is 2. The van der Waals surface area contributed by atoms with Crippen molar-refractivity contribution in [2.45, 2.75) is 11.8 Å². The Bertz CT molecular complexity index is 744. The molecule has 0 saturated carbocycles. The van der Waals surface area contributed by atoms with Crippen LogP contribution in [0.5, 0.6) is 0 Å². The molecule has 0 bridgehead atoms. The largest absolute Gasteiger partial charge is 0.396 e. The number of nitrogens with two attached hydrogens (primary N) is 1. The molecule has 0 spiro atoms. The Balaban J connectivity index is 2.38. The van der Waals surface area contributed by atoms with E-state index in [-0.39, 0.29) is 10.6 Å². The molecule has 0 amide bonds. The van der Waals surface area contributed by atoms with E-state index in [1.54, 1.807) is 12.1 Å². The number of aryl methyl sites for hydroxylation is 1. The molecule has 0 aliphatic heterocycles. The van der Waals surface area contributed by atoms with Crippen molar-refractivity contribution < 1.29 is 17.2 Å². The predicted octanol–water partition coefficient (Wildman–Crippen LogP) is 2.66. The quantitative estimate of drug-likeness (QED) is 0.856. The minimum absolute atomic E-state index is 0.0228. The van der Waals surface area contributed by atoms with Crippen LogP contribution in [-0.2, 0) is 10.0 Å². The second kappa shape index (κ2) is 5.09. The van der Waals surface area contributed by atoms with Gasteiger partial charge in [-0.05, 0) is 25.1 Å². The minimum atomic E-state index is -3.95. The van der Waals surface area contributed by atoms with Crippen LogP contribution in [0, 0.1) is 18.6 Å². The molecule has 0 fully saturated rings. The zero-order valence-corrected chi connectivity index (χ0v) is 11.3. The highest BCUT2D eigenvalue weighted by atomic mass is 32.2. The molecule has 0 heterocycles. The van der Waals surface area contributed by atoms with E-state index in [1.165, 1.54) is 12.1 Å². The summed E-state index contributed by atoms with van der Waals surface area (Å²) >= 11 is 0. The number of benzene rings is 2. The van der Waals surface area contributed by atoms with Crippen LogP contribution in [-0.4, -0.2) is 8.42 Å². The molecule has 4 nitrogen and oxygen atoms in total. The molecule has 2 rings (SSSR count). The number of rotatable bonds is 3. The Morgan fingerprint density at radius 3 is 2.25 bits per heavy atom. The van der Waals surface area contributed by atoms with Gasteiger partial charge in [-0.3, -0.25) is 4.72 Å². The van der Waals surface area contributed by atoms with Crippen LogP contribution in [0.15, 0.2) is 41.3 Å². The SMILES string of the molecule is Cc1ccc(S(=O)(=O)Nc2cc(N)c(F)cc2F)cc1. The van der Waals surface area contributed by atoms with Gasteiger partial charge in [0, 0.05) is 6.07 Å². The fourth-order valence-corrected chi connectivity index (χ4v) is 2.62. The monoisotopic (exact) mass is 298 g/mol. The van der Waals surface area contributed by atoms with Gasteiger partial charge >= 0.3 is 0 Å². The molecule has 0 unspecified atom stereocenters. The van der Waals surface area contributed by atoms with Gasteiger partial charge in [-0.2, -0.15) is 0 Å². The molecule has 0 aliphatic carbocycles. The van der Waals surface area contributed by atoms with Crippen LogP contribution in [0.25, 0.3) is 0 Å². The van der Waals surface area contributed by atoms with Crippen LogP contribution < -0.4 is 10.5 Å². The normalized spacial score (nSPS) is 11.3. The summed E-state index contributed by atoms with van der Waals surface area (Å²) in [5, 5.41) is 0. The van der Waals surface area contributed by atoms with Crippen molar-refractivity contribution in [1.82, 2.24) is 0 Å². The lowest BCUT2D eigenvalue weighted by molar-refractivity contribution is 0.585. The van der Waals surface area contributed by atoms with Crippen molar-refractivity contribution in [3.8, 4) is 0 Å². The van der Waals surface area contributed by atoms with Gasteiger partial charge in [0.25, 0.3) is 10.0 Å². The van der Waals surface area contributed by atoms with E-state index in [4.69, 9.17) is 5.73 Å². The summed E-state index contributed by atoms with van der Waals surface area (Å²) in [7, 11) is -3.95. The van der Waals surface area contributed by atoms with Crippen LogP contribution in [0.3, 0.4) is 0 Å². The summed E-state index contributed by atoms with van der Waals surface area (Å²) < 4.78 is 52.7. The third kappa shape index (κ3) is 2.88. The van der Waals surface area contributed by atoms with Crippen LogP contribution in [0.4, 0.5) is 20.2 Å². The van der Waals surface area contributed by atoms with Gasteiger partial charge in [0.05, 0.1) is 16.3 Å². The Morgan fingerprint density at radius 2 is 1.65 bits per heavy atom. The van der Waals surface area contributed by atoms with Crippen LogP contribution in [0.2, 0.25) is 0 Å². The summed E-state index contributed by atoms with van der Waals surface area (Å²) in [6.45, 7) is 1.81. The zero-order valence-electron chi connectivity index (χ0n) is 10.5. The number of nitrogens with one attached hydrogen (secondary N) is 1. The first kappa shape index (κ1) is 14.3. The Hall–Kier alpha value is -2.15. The first-order valence-electron chi connectivity index (χ1n) is 5.63. The average Bonchev–Trinajstić information content (AvgIpc) is 2.36. The van der Waals surface area contributed by atoms with Crippen molar-refractivity contribution in [3.05, 3.63) is 53.6 Å². The molecule has 2 aromatic rings. The van der Waals surface area contributed by atoms with Gasteiger partial charge in [-0.25, -0.2) is 17.2 Å². The van der Waals surface area contributed by atoms with Crippen molar-refractivity contribution in [3.63, 3.8) is 0 Å². The molecule has 0 saturated heterocycles. The van der Waals surface area contributed by atoms with E-state index in [9.17, 15) is 17.2 Å². The predicted molar refractivity (Wildman–Crippen MR) is 72.8 cm³/mol. The van der Waals surface area contributed by atoms with Gasteiger partial charge in [-0.1, -0.05) is 17.7 Å². The number of nitrogen functional groups attached to an aromatic ring is 1. The Labute approximate surface area is 115 Å². The molecule has 0 aromatic heterocycles. The maximum absolute atomic E-state index is 13.5. The fraction of sp³-hybridized carbons (Fsp3) is 0.0769. The molecular weight excluding hydrogens is 286 g/mol. The lowest BCUT2D eigenvalue weighted by atomic mass is 10.2. The summed E-state index contributed by atoms with van der Waals surface area (Å²) in [6, 6.07) is 7.44. The van der Waals surface area contributed by atoms with Crippen molar-refractivity contribution in [2.75, 3.05) is 10.5 Å². The second-order valence-electron chi connectivity index (χ2n) is 4.27. The molecule has 0 aliphatic rings. The molecule has 3 N–H and O–H groups in total. The molecule has 0 atom stereocenters. The maximum atomic E-state index is 13.5. The van der Waals surface area contributed by atoms with Gasteiger partial charge in [-0.15, -0.1) is 0 Å². The molecule has 2 aromatic carbocycles. The van der Waals surface area contributed by atoms with E-state index in [2.05, 4.69) is 0 Å². The van der Waals surface area contributed by atoms with Crippen molar-refractivity contribution >= 4 is 21.4 Å². The summed E-state index contributed by atoms with van der Waals surface area (Å²) in [5.74, 6) is -1.98. The van der Waals surface area contributed by atoms with E-state index in [0.29, 0.717) is 6.07 Å². The summed E-state index contributed by atoms with van der Waals surface area (Å²) in [4.78, 5) is -0.0228. The Kier molecular flexibility index (Phi) is 3.63. The van der Waals surface area contributed by atoms with Gasteiger partial charge in [0.15, 0.2) is 0 Å². The van der Waals surface area contributed by atoms with Gasteiger partial charge in [0.2, 0.25) is 0 Å². The highest BCUT2D eigenvalue weighted by Gasteiger charge is 2.17. The van der Waals surface area contributed by atoms with E-state index in [1.807, 2.05) is 11.6 Å². The Morgan fingerprint density at radius 1 is 1.05 bits per heavy atom. The van der Waals surface area contributed by atoms with Gasteiger partial charge < -0.3 is 5.73 Å². The van der Waals surface area contributed by atoms with Crippen molar-refractivity contribution in [1.29, 1.82) is 0 Å². The molecule has 7 heteroatoms. The number of sulfonamides is 1. The smallest absolute Gasteiger partial charge is 0.261 e. The van der Waals surface area contributed by atoms with Crippen molar-refractivity contribution in [2.24, 2.45) is 0 Å². The first-order valence-corrected chi connectivity index (χ1v) is 7.12. The number of halogens is 2. The lowest BCUT2D eigenvalue weighted by Gasteiger charge is -2.10. The first-order chi connectivity index (χ1) is 9.29. The topological polar surface area (TPSA) is 72.2 Å². The zero-order chi connectivity index (χ0) is 14.9. The van der Waals surface area contributed by atoms with Gasteiger partial charge in [0.1, 0.15) is 11.6 Å². The molecule has 0 radical (unpaired) electrons. The number of hydrogen-bond acceptors (Lipinski definition) is 3. The summed E-state index contributed by atoms with van der Waals surface area (Å²) in [6.07, 6.45) is 0. The highest BCUT2D eigenvalue weighted by Crippen LogP contribution is 2.24. The van der Waals surface area contributed by atoms with Crippen LogP contribution >= 0.6 is 0 Å². The maximum Gasteiger partial charge on any atom is 0.261 e. The van der Waals surface area contributed by atoms with E-state index in [0.717, 1.165) is 11.6 Å². The third-order valence-electron chi connectivity index (χ3n) is 2.66. The minimum Gasteiger partial charge on any atom is -0.396 e. The third-order valence-corrected chi connectivity index (χ3v) is 4.04. The molecular formula is C13H12F2N2O2S. The standard InChI is InChI=1S/C13H12F2N2O2S/c1-8-2-4-9(5-3-8)20(18,19)17-13-7-12(16)10(14)6-11(13)15/h2-7,17H,16H2,1H3. The fourth-order valence-electron chi connectivity index (χ4n) is 1.57. The van der Waals surface area contributed by atoms with Crippen LogP contribution in [0.1, 0.15) is 5.56 Å². The highest BCUT2D eigenvalue weighted by molar-refractivity contribution is 7.92. The van der Waals surface area contributed by atoms with E-state index >= 15 is 0 Å².